The van der Waals surface area contributed by atoms with Gasteiger partial charge in [0.1, 0.15) is 24.9 Å². The Morgan fingerprint density at radius 1 is 0.741 bits per heavy atom. The zero-order valence-electron chi connectivity index (χ0n) is 17.4. The topological polar surface area (TPSA) is 96.2 Å². The highest BCUT2D eigenvalue weighted by Gasteiger charge is 2.25. The molecule has 0 bridgehead atoms. The van der Waals surface area contributed by atoms with Crippen molar-refractivity contribution in [3.05, 3.63) is 0 Å². The molecular formula is C21H42O6. The summed E-state index contributed by atoms with van der Waals surface area (Å²) in [7, 11) is 0. The van der Waals surface area contributed by atoms with Gasteiger partial charge in [0, 0.05) is 13.0 Å². The van der Waals surface area contributed by atoms with Crippen molar-refractivity contribution in [3.63, 3.8) is 0 Å². The van der Waals surface area contributed by atoms with Gasteiger partial charge in [-0.25, -0.2) is 0 Å². The van der Waals surface area contributed by atoms with E-state index in [0.29, 0.717) is 13.0 Å². The molecule has 3 atom stereocenters. The highest BCUT2D eigenvalue weighted by Crippen LogP contribution is 2.10. The second-order valence-corrected chi connectivity index (χ2v) is 7.32. The third-order valence-electron chi connectivity index (χ3n) is 4.59. The predicted octanol–water partition coefficient (Wildman–Crippen LogP) is 3.35. The number of unbranched alkanes of at least 4 members (excludes halogenated alkanes) is 9. The summed E-state index contributed by atoms with van der Waals surface area (Å²) >= 11 is 0. The molecule has 0 saturated heterocycles. The second kappa shape index (κ2) is 18.7. The Hall–Kier alpha value is -0.690. The standard InChI is InChI=1S/C21H42O6/c1-3-5-6-7-8-9-10-11-12-13-15-26-16-18(22)21(25)19(23)17-27-20(24)14-4-2/h18-19,21-23,25H,3-17H2,1-2H3/t18-,19+,21+/m0/s1. The van der Waals surface area contributed by atoms with E-state index in [2.05, 4.69) is 6.92 Å². The Morgan fingerprint density at radius 2 is 1.26 bits per heavy atom. The number of aliphatic hydroxyl groups excluding tert-OH is 3. The monoisotopic (exact) mass is 390 g/mol. The van der Waals surface area contributed by atoms with Crippen molar-refractivity contribution in [3.8, 4) is 0 Å². The lowest BCUT2D eigenvalue weighted by atomic mass is 10.1. The zero-order valence-corrected chi connectivity index (χ0v) is 17.4. The molecule has 0 aliphatic rings. The molecule has 0 spiro atoms. The van der Waals surface area contributed by atoms with E-state index in [1.807, 2.05) is 6.92 Å². The number of carbonyl (C=O) groups excluding carboxylic acids is 1. The third-order valence-corrected chi connectivity index (χ3v) is 4.59. The summed E-state index contributed by atoms with van der Waals surface area (Å²) in [6.45, 7) is 4.24. The maximum atomic E-state index is 11.2. The molecule has 6 nitrogen and oxygen atoms in total. The highest BCUT2D eigenvalue weighted by molar-refractivity contribution is 5.69. The van der Waals surface area contributed by atoms with Crippen LogP contribution in [0, 0.1) is 0 Å². The number of rotatable bonds is 19. The van der Waals surface area contributed by atoms with E-state index in [4.69, 9.17) is 9.47 Å². The van der Waals surface area contributed by atoms with Gasteiger partial charge in [-0.15, -0.1) is 0 Å². The van der Waals surface area contributed by atoms with Gasteiger partial charge in [-0.2, -0.15) is 0 Å². The fourth-order valence-corrected chi connectivity index (χ4v) is 2.80. The van der Waals surface area contributed by atoms with Gasteiger partial charge in [0.05, 0.1) is 6.61 Å². The number of carbonyl (C=O) groups is 1. The SMILES string of the molecule is CCCCCCCCCCCCOC[C@H](O)[C@@H](O)[C@H](O)COC(=O)CCC. The first-order valence-corrected chi connectivity index (χ1v) is 10.8. The van der Waals surface area contributed by atoms with Crippen LogP contribution in [0.2, 0.25) is 0 Å². The lowest BCUT2D eigenvalue weighted by Gasteiger charge is -2.22. The molecule has 0 amide bonds. The molecule has 0 aliphatic carbocycles. The molecule has 0 radical (unpaired) electrons. The molecule has 0 unspecified atom stereocenters. The summed E-state index contributed by atoms with van der Waals surface area (Å²) in [5.41, 5.74) is 0. The van der Waals surface area contributed by atoms with Gasteiger partial charge in [0.25, 0.3) is 0 Å². The van der Waals surface area contributed by atoms with E-state index in [0.717, 1.165) is 12.8 Å². The quantitative estimate of drug-likeness (QED) is 0.231. The van der Waals surface area contributed by atoms with Gasteiger partial charge in [-0.05, 0) is 12.8 Å². The Balaban J connectivity index is 3.53. The van der Waals surface area contributed by atoms with Crippen molar-refractivity contribution >= 4 is 5.97 Å². The minimum absolute atomic E-state index is 0.0431. The molecule has 0 aliphatic heterocycles. The van der Waals surface area contributed by atoms with Crippen LogP contribution in [0.25, 0.3) is 0 Å². The zero-order chi connectivity index (χ0) is 20.3. The van der Waals surface area contributed by atoms with Crippen LogP contribution in [0.5, 0.6) is 0 Å². The van der Waals surface area contributed by atoms with Crippen LogP contribution in [0.1, 0.15) is 90.9 Å². The average molecular weight is 391 g/mol. The second-order valence-electron chi connectivity index (χ2n) is 7.32. The van der Waals surface area contributed by atoms with Crippen molar-refractivity contribution in [1.82, 2.24) is 0 Å². The summed E-state index contributed by atoms with van der Waals surface area (Å²) in [5, 5.41) is 29.4. The largest absolute Gasteiger partial charge is 0.463 e. The van der Waals surface area contributed by atoms with Crippen molar-refractivity contribution < 1.29 is 29.6 Å². The Kier molecular flexibility index (Phi) is 18.2. The highest BCUT2D eigenvalue weighted by atomic mass is 16.5. The van der Waals surface area contributed by atoms with E-state index in [1.165, 1.54) is 51.4 Å². The number of hydrogen-bond donors (Lipinski definition) is 3. The Bertz CT molecular complexity index is 337. The van der Waals surface area contributed by atoms with Gasteiger partial charge in [-0.1, -0.05) is 71.6 Å². The maximum absolute atomic E-state index is 11.2. The smallest absolute Gasteiger partial charge is 0.305 e. The molecule has 0 rings (SSSR count). The van der Waals surface area contributed by atoms with E-state index in [-0.39, 0.29) is 19.6 Å². The van der Waals surface area contributed by atoms with Crippen LogP contribution < -0.4 is 0 Å². The fourth-order valence-electron chi connectivity index (χ4n) is 2.80. The van der Waals surface area contributed by atoms with Crippen molar-refractivity contribution in [1.29, 1.82) is 0 Å². The molecule has 162 valence electrons. The van der Waals surface area contributed by atoms with Crippen LogP contribution in [0.15, 0.2) is 0 Å². The van der Waals surface area contributed by atoms with Crippen LogP contribution >= 0.6 is 0 Å². The predicted molar refractivity (Wildman–Crippen MR) is 107 cm³/mol. The van der Waals surface area contributed by atoms with Crippen LogP contribution in [0.3, 0.4) is 0 Å². The summed E-state index contributed by atoms with van der Waals surface area (Å²) in [6.07, 6.45) is 9.47. The maximum Gasteiger partial charge on any atom is 0.305 e. The van der Waals surface area contributed by atoms with Gasteiger partial charge < -0.3 is 24.8 Å². The minimum Gasteiger partial charge on any atom is -0.463 e. The molecule has 0 fully saturated rings. The third kappa shape index (κ3) is 16.0. The van der Waals surface area contributed by atoms with Crippen molar-refractivity contribution in [2.45, 2.75) is 109 Å². The lowest BCUT2D eigenvalue weighted by Crippen LogP contribution is -2.42. The van der Waals surface area contributed by atoms with Gasteiger partial charge in [0.2, 0.25) is 0 Å². The van der Waals surface area contributed by atoms with E-state index < -0.39 is 24.3 Å². The van der Waals surface area contributed by atoms with Crippen LogP contribution in [-0.2, 0) is 14.3 Å². The number of aliphatic hydroxyl groups is 3. The fraction of sp³-hybridized carbons (Fsp3) is 0.952. The van der Waals surface area contributed by atoms with E-state index in [9.17, 15) is 20.1 Å². The van der Waals surface area contributed by atoms with E-state index in [1.54, 1.807) is 0 Å². The number of ether oxygens (including phenoxy) is 2. The summed E-state index contributed by atoms with van der Waals surface area (Å²) < 4.78 is 10.2. The lowest BCUT2D eigenvalue weighted by molar-refractivity contribution is -0.153. The molecule has 6 heteroatoms. The minimum atomic E-state index is -1.40. The van der Waals surface area contributed by atoms with Crippen LogP contribution in [0.4, 0.5) is 0 Å². The Morgan fingerprint density at radius 3 is 1.81 bits per heavy atom. The molecule has 0 saturated carbocycles. The Labute approximate surface area is 165 Å². The molecule has 0 aromatic carbocycles. The molecule has 27 heavy (non-hydrogen) atoms. The van der Waals surface area contributed by atoms with E-state index >= 15 is 0 Å². The average Bonchev–Trinajstić information content (AvgIpc) is 2.66. The molecule has 0 aromatic rings. The molecular weight excluding hydrogens is 348 g/mol. The van der Waals surface area contributed by atoms with Crippen molar-refractivity contribution in [2.24, 2.45) is 0 Å². The first-order valence-electron chi connectivity index (χ1n) is 10.8. The summed E-state index contributed by atoms with van der Waals surface area (Å²) in [5.74, 6) is -0.421. The molecule has 3 N–H and O–H groups in total. The normalized spacial score (nSPS) is 14.7. The van der Waals surface area contributed by atoms with Gasteiger partial charge in [-0.3, -0.25) is 4.79 Å². The molecule has 0 aromatic heterocycles. The summed E-state index contributed by atoms with van der Waals surface area (Å²) in [4.78, 5) is 11.2. The van der Waals surface area contributed by atoms with Crippen molar-refractivity contribution in [2.75, 3.05) is 19.8 Å². The van der Waals surface area contributed by atoms with Gasteiger partial charge in [0.15, 0.2) is 0 Å². The van der Waals surface area contributed by atoms with Crippen LogP contribution in [-0.4, -0.2) is 59.4 Å². The first kappa shape index (κ1) is 26.3. The molecule has 0 heterocycles. The number of hydrogen-bond acceptors (Lipinski definition) is 6. The first-order chi connectivity index (χ1) is 13.0. The number of esters is 1. The van der Waals surface area contributed by atoms with Gasteiger partial charge >= 0.3 is 5.97 Å². The summed E-state index contributed by atoms with van der Waals surface area (Å²) in [6, 6.07) is 0.